The Morgan fingerprint density at radius 3 is 2.56 bits per heavy atom. The Kier molecular flexibility index (Phi) is 7.48. The number of fused-ring (bicyclic) bond motifs is 1. The maximum Gasteiger partial charge on any atom is 0.420 e. The van der Waals surface area contributed by atoms with Gasteiger partial charge in [-0.1, -0.05) is 11.6 Å². The summed E-state index contributed by atoms with van der Waals surface area (Å²) in [5.74, 6) is -0.725. The third-order valence-electron chi connectivity index (χ3n) is 4.39. The lowest BCUT2D eigenvalue weighted by Crippen LogP contribution is -2.34. The Labute approximate surface area is 199 Å². The molecular formula is C22H22ClFN4O6. The van der Waals surface area contributed by atoms with Crippen LogP contribution >= 0.6 is 11.6 Å². The lowest BCUT2D eigenvalue weighted by atomic mass is 10.1. The van der Waals surface area contributed by atoms with Gasteiger partial charge in [-0.15, -0.1) is 0 Å². The number of halogens is 2. The SMILES string of the molecule is COCCOc1cc2ncnc(N(C(=O)OC(C)(C)C)c3ccc(F)c(Cl)c3)c2cc1[N+](=O)[O-]. The fourth-order valence-electron chi connectivity index (χ4n) is 2.98. The second-order valence-electron chi connectivity index (χ2n) is 8.05. The van der Waals surface area contributed by atoms with E-state index in [1.165, 1.54) is 37.7 Å². The molecule has 0 fully saturated rings. The minimum Gasteiger partial charge on any atom is -0.484 e. The summed E-state index contributed by atoms with van der Waals surface area (Å²) >= 11 is 5.95. The number of methoxy groups -OCH3 is 1. The van der Waals surface area contributed by atoms with Crippen molar-refractivity contribution in [1.82, 2.24) is 9.97 Å². The zero-order chi connectivity index (χ0) is 25.0. The number of benzene rings is 2. The van der Waals surface area contributed by atoms with Gasteiger partial charge in [0.15, 0.2) is 11.6 Å². The molecule has 3 aromatic rings. The van der Waals surface area contributed by atoms with E-state index in [-0.39, 0.29) is 52.1 Å². The van der Waals surface area contributed by atoms with Gasteiger partial charge in [0.2, 0.25) is 0 Å². The molecule has 180 valence electrons. The van der Waals surface area contributed by atoms with Gasteiger partial charge in [-0.25, -0.2) is 24.1 Å². The number of rotatable bonds is 7. The van der Waals surface area contributed by atoms with E-state index in [9.17, 15) is 19.3 Å². The van der Waals surface area contributed by atoms with Gasteiger partial charge in [-0.05, 0) is 39.0 Å². The van der Waals surface area contributed by atoms with Crippen LogP contribution < -0.4 is 9.64 Å². The number of aromatic nitrogens is 2. The highest BCUT2D eigenvalue weighted by Crippen LogP contribution is 2.38. The monoisotopic (exact) mass is 492 g/mol. The molecule has 1 amide bonds. The predicted molar refractivity (Wildman–Crippen MR) is 123 cm³/mol. The highest BCUT2D eigenvalue weighted by molar-refractivity contribution is 6.31. The number of amides is 1. The van der Waals surface area contributed by atoms with E-state index in [1.54, 1.807) is 20.8 Å². The number of hydrogen-bond donors (Lipinski definition) is 0. The number of nitro groups is 1. The largest absolute Gasteiger partial charge is 0.484 e. The summed E-state index contributed by atoms with van der Waals surface area (Å²) in [4.78, 5) is 33.7. The molecule has 10 nitrogen and oxygen atoms in total. The molecule has 0 saturated heterocycles. The van der Waals surface area contributed by atoms with Gasteiger partial charge in [-0.3, -0.25) is 10.1 Å². The van der Waals surface area contributed by atoms with E-state index in [1.807, 2.05) is 0 Å². The summed E-state index contributed by atoms with van der Waals surface area (Å²) in [5, 5.41) is 11.7. The van der Waals surface area contributed by atoms with Gasteiger partial charge in [0.25, 0.3) is 0 Å². The zero-order valence-electron chi connectivity index (χ0n) is 18.9. The average molecular weight is 493 g/mol. The molecular weight excluding hydrogens is 471 g/mol. The van der Waals surface area contributed by atoms with Crippen LogP contribution in [0.1, 0.15) is 20.8 Å². The van der Waals surface area contributed by atoms with Crippen LogP contribution in [0.5, 0.6) is 5.75 Å². The number of carbonyl (C=O) groups is 1. The lowest BCUT2D eigenvalue weighted by molar-refractivity contribution is -0.385. The van der Waals surface area contributed by atoms with Crippen molar-refractivity contribution < 1.29 is 28.3 Å². The van der Waals surface area contributed by atoms with E-state index in [0.717, 1.165) is 11.0 Å². The summed E-state index contributed by atoms with van der Waals surface area (Å²) in [6, 6.07) is 6.21. The topological polar surface area (TPSA) is 117 Å². The molecule has 0 spiro atoms. The van der Waals surface area contributed by atoms with Crippen molar-refractivity contribution in [1.29, 1.82) is 0 Å². The maximum absolute atomic E-state index is 13.8. The molecule has 0 saturated carbocycles. The van der Waals surface area contributed by atoms with Gasteiger partial charge < -0.3 is 14.2 Å². The minimum absolute atomic E-state index is 0.0199. The van der Waals surface area contributed by atoms with Crippen LogP contribution in [0.3, 0.4) is 0 Å². The maximum atomic E-state index is 13.8. The molecule has 0 unspecified atom stereocenters. The smallest absolute Gasteiger partial charge is 0.420 e. The first-order valence-corrected chi connectivity index (χ1v) is 10.4. The molecule has 34 heavy (non-hydrogen) atoms. The number of hydrogen-bond acceptors (Lipinski definition) is 8. The van der Waals surface area contributed by atoms with Crippen LogP contribution in [0.2, 0.25) is 5.02 Å². The van der Waals surface area contributed by atoms with Crippen molar-refractivity contribution in [2.75, 3.05) is 25.2 Å². The van der Waals surface area contributed by atoms with E-state index in [2.05, 4.69) is 9.97 Å². The van der Waals surface area contributed by atoms with Crippen molar-refractivity contribution in [3.63, 3.8) is 0 Å². The molecule has 3 rings (SSSR count). The predicted octanol–water partition coefficient (Wildman–Crippen LogP) is 5.43. The molecule has 0 bridgehead atoms. The third kappa shape index (κ3) is 5.67. The minimum atomic E-state index is -0.879. The third-order valence-corrected chi connectivity index (χ3v) is 4.68. The molecule has 0 radical (unpaired) electrons. The molecule has 12 heteroatoms. The summed E-state index contributed by atoms with van der Waals surface area (Å²) < 4.78 is 29.7. The highest BCUT2D eigenvalue weighted by atomic mass is 35.5. The number of nitro benzene ring substituents is 1. The standard InChI is InChI=1S/C22H22ClFN4O6/c1-22(2,3)34-21(29)27(13-5-6-16(24)15(23)9-13)20-14-10-18(28(30)31)19(33-8-7-32-4)11-17(14)25-12-26-20/h5-6,9-12H,7-8H2,1-4H3. The second-order valence-corrected chi connectivity index (χ2v) is 8.45. The summed E-state index contributed by atoms with van der Waals surface area (Å²) in [5.41, 5.74) is -0.828. The second kappa shape index (κ2) is 10.1. The zero-order valence-corrected chi connectivity index (χ0v) is 19.6. The Morgan fingerprint density at radius 1 is 1.21 bits per heavy atom. The van der Waals surface area contributed by atoms with Gasteiger partial charge >= 0.3 is 11.8 Å². The normalized spacial score (nSPS) is 11.4. The number of ether oxygens (including phenoxy) is 3. The van der Waals surface area contributed by atoms with Crippen molar-refractivity contribution in [2.45, 2.75) is 26.4 Å². The van der Waals surface area contributed by atoms with Crippen molar-refractivity contribution in [3.05, 3.63) is 57.6 Å². The first-order chi connectivity index (χ1) is 16.0. The quantitative estimate of drug-likeness (QED) is 0.243. The number of anilines is 2. The van der Waals surface area contributed by atoms with Crippen LogP contribution in [0.4, 0.5) is 26.4 Å². The Morgan fingerprint density at radius 2 is 1.94 bits per heavy atom. The molecule has 0 aliphatic carbocycles. The first-order valence-electron chi connectivity index (χ1n) is 10.0. The Hall–Kier alpha value is -3.57. The van der Waals surface area contributed by atoms with Gasteiger partial charge in [0.05, 0.1) is 33.1 Å². The van der Waals surface area contributed by atoms with Gasteiger partial charge in [0.1, 0.15) is 24.4 Å². The fraction of sp³-hybridized carbons (Fsp3) is 0.318. The summed E-state index contributed by atoms with van der Waals surface area (Å²) in [6.45, 7) is 5.33. The van der Waals surface area contributed by atoms with Crippen LogP contribution in [0.25, 0.3) is 10.9 Å². The Bertz CT molecular complexity index is 1230. The van der Waals surface area contributed by atoms with Gasteiger partial charge in [0, 0.05) is 19.2 Å². The molecule has 2 aromatic carbocycles. The fourth-order valence-corrected chi connectivity index (χ4v) is 3.15. The number of carbonyl (C=O) groups excluding carboxylic acids is 1. The average Bonchev–Trinajstić information content (AvgIpc) is 2.75. The first kappa shape index (κ1) is 25.1. The van der Waals surface area contributed by atoms with Crippen molar-refractivity contribution >= 4 is 45.8 Å². The van der Waals surface area contributed by atoms with Crippen LogP contribution in [-0.4, -0.2) is 46.9 Å². The molecule has 0 aliphatic heterocycles. The van der Waals surface area contributed by atoms with Gasteiger partial charge in [-0.2, -0.15) is 0 Å². The van der Waals surface area contributed by atoms with Crippen LogP contribution in [0, 0.1) is 15.9 Å². The molecule has 1 aromatic heterocycles. The van der Waals surface area contributed by atoms with E-state index in [4.69, 9.17) is 25.8 Å². The molecule has 0 N–H and O–H groups in total. The lowest BCUT2D eigenvalue weighted by Gasteiger charge is -2.27. The Balaban J connectivity index is 2.22. The highest BCUT2D eigenvalue weighted by Gasteiger charge is 2.29. The van der Waals surface area contributed by atoms with Crippen molar-refractivity contribution in [3.8, 4) is 5.75 Å². The van der Waals surface area contributed by atoms with Crippen molar-refractivity contribution in [2.24, 2.45) is 0 Å². The molecule has 1 heterocycles. The van der Waals surface area contributed by atoms with Crippen LogP contribution in [0.15, 0.2) is 36.7 Å². The van der Waals surface area contributed by atoms with E-state index < -0.39 is 22.4 Å². The van der Waals surface area contributed by atoms with Crippen LogP contribution in [-0.2, 0) is 9.47 Å². The summed E-state index contributed by atoms with van der Waals surface area (Å²) in [6.07, 6.45) is 0.337. The van der Waals surface area contributed by atoms with E-state index in [0.29, 0.717) is 0 Å². The number of nitrogens with zero attached hydrogens (tertiary/aromatic N) is 4. The molecule has 0 aliphatic rings. The van der Waals surface area contributed by atoms with E-state index >= 15 is 0 Å². The molecule has 0 atom stereocenters. The summed E-state index contributed by atoms with van der Waals surface area (Å²) in [7, 11) is 1.48.